The largest absolute Gasteiger partial charge is 0.508 e. The lowest BCUT2D eigenvalue weighted by molar-refractivity contribution is -0.159. The lowest BCUT2D eigenvalue weighted by Crippen LogP contribution is -2.59. The molecule has 0 radical (unpaired) electrons. The van der Waals surface area contributed by atoms with Crippen LogP contribution < -0.4 is 26.6 Å². The number of hydrogen-bond acceptors (Lipinski definition) is 16. The lowest BCUT2D eigenvalue weighted by atomic mass is 9.92. The van der Waals surface area contributed by atoms with Crippen LogP contribution in [0.1, 0.15) is 152 Å². The molecule has 0 spiro atoms. The molecule has 7 N–H and O–H groups in total. The van der Waals surface area contributed by atoms with E-state index in [2.05, 4.69) is 41.7 Å². The van der Waals surface area contributed by atoms with Crippen molar-refractivity contribution in [3.8, 4) is 28.6 Å². The Morgan fingerprint density at radius 2 is 1.20 bits per heavy atom. The number of carbonyl (C=O) groups excluding carboxylic acids is 8. The van der Waals surface area contributed by atoms with Gasteiger partial charge in [0.1, 0.15) is 41.3 Å². The monoisotopic (exact) mass is 1330 g/mol. The Kier molecular flexibility index (Phi) is 25.2. The van der Waals surface area contributed by atoms with Gasteiger partial charge in [-0.3, -0.25) is 52.7 Å². The van der Waals surface area contributed by atoms with Gasteiger partial charge in [-0.15, -0.1) is 10.2 Å². The Hall–Kier alpha value is -8.54. The minimum absolute atomic E-state index is 0.000316. The molecule has 4 aliphatic heterocycles. The molecule has 0 bridgehead atoms. The third-order valence-electron chi connectivity index (χ3n) is 19.0. The Bertz CT molecular complexity index is 3520. The number of hydrogen-bond donors (Lipinski definition) is 7. The van der Waals surface area contributed by atoms with Crippen molar-refractivity contribution in [2.75, 3.05) is 59.0 Å². The fourth-order valence-electron chi connectivity index (χ4n) is 13.3. The zero-order valence-electron chi connectivity index (χ0n) is 57.5. The highest BCUT2D eigenvalue weighted by Gasteiger charge is 2.50. The first kappa shape index (κ1) is 72.7. The van der Waals surface area contributed by atoms with Gasteiger partial charge in [0.2, 0.25) is 35.4 Å². The standard InChI is InChI=1S/C74H99N11O12/c1-9-75-71(93)67-81-80-66(57-41-56(48(6)7)62(86)42-63(57)87)85(67)54-23-20-51(21-24-54)43-82-32-26-52(27-33-82)72(94)84-36-28-53(29-37-84)73(95)97-55-30-34-83(35-31-55)44-64(88)76-58(25-22-49-16-12-10-13-17-49)68(90)78-60(39-47(4)5)69(91)79-61(40-50-18-14-11-15-19-50)70(92)77-59(38-46(2)3)65(89)74(8)45-96-74/h10-21,23-24,41-42,46-48,52-53,55,58-61,86-87H,9,22,25-40,43-45H2,1-8H3,(H,75,93)(H,76,88)(H,77,92)(H,78,90)(H,79,91)/t58-,59-,60-,61?,74+/m0/s1. The number of aryl methyl sites for hydroxylation is 1. The molecule has 0 aliphatic carbocycles. The number of piperidine rings is 3. The second-order valence-electron chi connectivity index (χ2n) is 28.0. The van der Waals surface area contributed by atoms with Crippen LogP contribution in [0.15, 0.2) is 97.1 Å². The number of ether oxygens (including phenoxy) is 2. The molecule has 1 unspecified atom stereocenters. The van der Waals surface area contributed by atoms with Crippen molar-refractivity contribution in [3.63, 3.8) is 0 Å². The molecule has 6 amide bonds. The zero-order valence-corrected chi connectivity index (χ0v) is 57.5. The van der Waals surface area contributed by atoms with Gasteiger partial charge in [-0.2, -0.15) is 0 Å². The van der Waals surface area contributed by atoms with Gasteiger partial charge >= 0.3 is 5.97 Å². The van der Waals surface area contributed by atoms with Crippen LogP contribution in [0, 0.1) is 23.7 Å². The van der Waals surface area contributed by atoms with Crippen LogP contribution in [0.5, 0.6) is 11.5 Å². The predicted octanol–water partition coefficient (Wildman–Crippen LogP) is 6.94. The van der Waals surface area contributed by atoms with E-state index in [0.29, 0.717) is 107 Å². The number of nitrogens with zero attached hydrogens (tertiary/aromatic N) is 6. The van der Waals surface area contributed by atoms with Gasteiger partial charge in [0.25, 0.3) is 5.91 Å². The summed E-state index contributed by atoms with van der Waals surface area (Å²) >= 11 is 0. The van der Waals surface area contributed by atoms with E-state index in [1.807, 2.05) is 143 Å². The van der Waals surface area contributed by atoms with Gasteiger partial charge in [0.05, 0.1) is 30.7 Å². The van der Waals surface area contributed by atoms with E-state index in [1.165, 1.54) is 6.07 Å². The van der Waals surface area contributed by atoms with Crippen LogP contribution in [0.4, 0.5) is 0 Å². The summed E-state index contributed by atoms with van der Waals surface area (Å²) in [5, 5.41) is 44.6. The smallest absolute Gasteiger partial charge is 0.309 e. The number of nitrogens with one attached hydrogen (secondary N) is 5. The van der Waals surface area contributed by atoms with Gasteiger partial charge in [-0.25, -0.2) is 0 Å². The van der Waals surface area contributed by atoms with E-state index in [0.717, 1.165) is 29.8 Å². The fraction of sp³-hybridized carbons (Fsp3) is 0.541. The van der Waals surface area contributed by atoms with Gasteiger partial charge in [0, 0.05) is 63.4 Å². The molecule has 4 aromatic carbocycles. The third kappa shape index (κ3) is 19.8. The van der Waals surface area contributed by atoms with E-state index in [1.54, 1.807) is 17.6 Å². The summed E-state index contributed by atoms with van der Waals surface area (Å²) in [4.78, 5) is 118. The van der Waals surface area contributed by atoms with Crippen molar-refractivity contribution >= 4 is 47.2 Å². The molecule has 1 aromatic heterocycles. The molecule has 5 heterocycles. The van der Waals surface area contributed by atoms with E-state index in [9.17, 15) is 48.6 Å². The molecule has 4 saturated heterocycles. The van der Waals surface area contributed by atoms with E-state index in [4.69, 9.17) is 9.47 Å². The second kappa shape index (κ2) is 33.6. The third-order valence-corrected chi connectivity index (χ3v) is 19.0. The number of phenolic OH excluding ortho intramolecular Hbond substituents is 2. The van der Waals surface area contributed by atoms with Crippen LogP contribution in [-0.4, -0.2) is 182 Å². The van der Waals surface area contributed by atoms with Crippen LogP contribution in [0.3, 0.4) is 0 Å². The number of likely N-dealkylation sites (tertiary alicyclic amines) is 3. The van der Waals surface area contributed by atoms with Crippen molar-refractivity contribution in [2.45, 2.75) is 174 Å². The van der Waals surface area contributed by atoms with Gasteiger partial charge in [-0.05, 0) is 149 Å². The molecule has 97 heavy (non-hydrogen) atoms. The number of esters is 1. The molecule has 5 aromatic rings. The van der Waals surface area contributed by atoms with Gasteiger partial charge in [0.15, 0.2) is 11.6 Å². The van der Waals surface area contributed by atoms with E-state index in [-0.39, 0.29) is 115 Å². The Morgan fingerprint density at radius 3 is 1.80 bits per heavy atom. The van der Waals surface area contributed by atoms with Crippen molar-refractivity contribution in [2.24, 2.45) is 23.7 Å². The summed E-state index contributed by atoms with van der Waals surface area (Å²) in [5.74, 6) is -3.19. The number of carbonyl (C=O) groups is 8. The molecule has 9 rings (SSSR count). The number of aromatic nitrogens is 3. The number of ketones is 1. The van der Waals surface area contributed by atoms with E-state index < -0.39 is 53.4 Å². The minimum atomic E-state index is -1.09. The summed E-state index contributed by atoms with van der Waals surface area (Å²) in [6.45, 7) is 19.9. The first-order valence-corrected chi connectivity index (χ1v) is 34.7. The summed E-state index contributed by atoms with van der Waals surface area (Å²) in [7, 11) is 0. The minimum Gasteiger partial charge on any atom is -0.508 e. The highest BCUT2D eigenvalue weighted by atomic mass is 16.6. The number of rotatable bonds is 30. The molecular weight excluding hydrogens is 1230 g/mol. The molecule has 4 aliphatic rings. The number of aromatic hydroxyl groups is 2. The number of phenols is 2. The van der Waals surface area contributed by atoms with Gasteiger partial charge < -0.3 is 51.2 Å². The summed E-state index contributed by atoms with van der Waals surface area (Å²) in [5.41, 5.74) is 3.39. The fourth-order valence-corrected chi connectivity index (χ4v) is 13.3. The average Bonchev–Trinajstić information content (AvgIpc) is 1.71. The predicted molar refractivity (Wildman–Crippen MR) is 366 cm³/mol. The maximum Gasteiger partial charge on any atom is 0.309 e. The Morgan fingerprint density at radius 1 is 0.629 bits per heavy atom. The van der Waals surface area contributed by atoms with Crippen LogP contribution >= 0.6 is 0 Å². The summed E-state index contributed by atoms with van der Waals surface area (Å²) in [6.07, 6.45) is 4.61. The average molecular weight is 1330 g/mol. The summed E-state index contributed by atoms with van der Waals surface area (Å²) in [6, 6.07) is 25.6. The molecule has 23 nitrogen and oxygen atoms in total. The van der Waals surface area contributed by atoms with Crippen molar-refractivity contribution < 1.29 is 58.0 Å². The lowest BCUT2D eigenvalue weighted by Gasteiger charge is -2.37. The summed E-state index contributed by atoms with van der Waals surface area (Å²) < 4.78 is 13.2. The normalized spacial score (nSPS) is 18.6. The molecular formula is C74H99N11O12. The molecule has 4 fully saturated rings. The first-order chi connectivity index (χ1) is 46.4. The Labute approximate surface area is 569 Å². The second-order valence-corrected chi connectivity index (χ2v) is 28.0. The van der Waals surface area contributed by atoms with Crippen LogP contribution in [0.25, 0.3) is 17.1 Å². The topological polar surface area (TPSA) is 299 Å². The Balaban J connectivity index is 0.727. The SMILES string of the molecule is CCNC(=O)c1nnc(-c2cc(C(C)C)c(O)cc2O)n1-c1ccc(CN2CCC(C(=O)N3CCC(C(=O)OC4CCN(CC(=O)N[C@@H](CCc5ccccc5)C(=O)N[C@@H](CC(C)C)C(=O)NC(Cc5ccccc5)C(=O)N[C@@H](CC(C)C)C(=O)[C@@]5(C)CO5)CC4)CC3)CC2)cc1. The maximum atomic E-state index is 14.5. The van der Waals surface area contributed by atoms with Crippen molar-refractivity contribution in [3.05, 3.63) is 125 Å². The first-order valence-electron chi connectivity index (χ1n) is 34.7. The number of epoxide rings is 1. The van der Waals surface area contributed by atoms with E-state index >= 15 is 0 Å². The van der Waals surface area contributed by atoms with Crippen molar-refractivity contribution in [1.82, 2.24) is 56.0 Å². The number of amides is 6. The highest BCUT2D eigenvalue weighted by molar-refractivity contribution is 5.99. The number of Topliss-reactive ketones (excluding diaryl/α,β-unsaturated/α-hetero) is 1. The number of benzene rings is 4. The molecule has 522 valence electrons. The molecule has 0 saturated carbocycles. The highest BCUT2D eigenvalue weighted by Crippen LogP contribution is 2.39. The van der Waals surface area contributed by atoms with Crippen molar-refractivity contribution in [1.29, 1.82) is 0 Å². The zero-order chi connectivity index (χ0) is 69.5. The van der Waals surface area contributed by atoms with Gasteiger partial charge in [-0.1, -0.05) is 114 Å². The van der Waals surface area contributed by atoms with Crippen LogP contribution in [-0.2, 0) is 62.4 Å². The van der Waals surface area contributed by atoms with Crippen LogP contribution in [0.2, 0.25) is 0 Å². The maximum absolute atomic E-state index is 14.5. The molecule has 23 heteroatoms. The molecule has 5 atom stereocenters. The quantitative estimate of drug-likeness (QED) is 0.0181.